The Morgan fingerprint density at radius 1 is 1.36 bits per heavy atom. The summed E-state index contributed by atoms with van der Waals surface area (Å²) in [6, 6.07) is 5.06. The lowest BCUT2D eigenvalue weighted by molar-refractivity contribution is 0.476. The molecule has 0 fully saturated rings. The van der Waals surface area contributed by atoms with E-state index in [1.165, 1.54) is 6.07 Å². The fourth-order valence-electron chi connectivity index (χ4n) is 1.18. The quantitative estimate of drug-likeness (QED) is 0.495. The van der Waals surface area contributed by atoms with Gasteiger partial charge in [0.2, 0.25) is 0 Å². The molecule has 0 aliphatic heterocycles. The number of nitrogens with one attached hydrogen (secondary N) is 1. The molecule has 2 rings (SSSR count). The normalized spacial score (nSPS) is 10.5. The third-order valence-electron chi connectivity index (χ3n) is 1.69. The highest BCUT2D eigenvalue weighted by Crippen LogP contribution is 2.24. The van der Waals surface area contributed by atoms with Crippen LogP contribution in [-0.4, -0.2) is 10.1 Å². The summed E-state index contributed by atoms with van der Waals surface area (Å²) in [6.07, 6.45) is 1.79. The molecule has 0 aliphatic rings. The molecule has 0 atom stereocenters. The van der Waals surface area contributed by atoms with Gasteiger partial charge in [0.15, 0.2) is 0 Å². The summed E-state index contributed by atoms with van der Waals surface area (Å²) >= 11 is 0. The van der Waals surface area contributed by atoms with E-state index in [0.29, 0.717) is 5.69 Å². The van der Waals surface area contributed by atoms with Gasteiger partial charge >= 0.3 is 0 Å². The SMILES string of the molecule is Nc1cc(O)cc2[nH]ccc12. The fourth-order valence-corrected chi connectivity index (χ4v) is 1.18. The zero-order valence-electron chi connectivity index (χ0n) is 5.83. The number of H-pyrrole nitrogens is 1. The van der Waals surface area contributed by atoms with E-state index in [9.17, 15) is 0 Å². The van der Waals surface area contributed by atoms with Crippen molar-refractivity contribution in [2.75, 3.05) is 5.73 Å². The number of rotatable bonds is 0. The maximum absolute atomic E-state index is 9.13. The summed E-state index contributed by atoms with van der Waals surface area (Å²) in [5.74, 6) is 0.192. The molecule has 0 saturated carbocycles. The average molecular weight is 148 g/mol. The van der Waals surface area contributed by atoms with Crippen LogP contribution in [0.1, 0.15) is 0 Å². The van der Waals surface area contributed by atoms with Crippen LogP contribution in [-0.2, 0) is 0 Å². The maximum atomic E-state index is 9.13. The van der Waals surface area contributed by atoms with E-state index in [4.69, 9.17) is 10.8 Å². The first-order valence-electron chi connectivity index (χ1n) is 3.33. The van der Waals surface area contributed by atoms with Gasteiger partial charge in [-0.1, -0.05) is 0 Å². The second kappa shape index (κ2) is 1.92. The van der Waals surface area contributed by atoms with E-state index in [1.54, 1.807) is 12.3 Å². The Morgan fingerprint density at radius 2 is 2.18 bits per heavy atom. The predicted molar refractivity (Wildman–Crippen MR) is 44.4 cm³/mol. The molecule has 2 aromatic rings. The number of phenols is 1. The highest BCUT2D eigenvalue weighted by molar-refractivity contribution is 5.92. The van der Waals surface area contributed by atoms with Gasteiger partial charge in [0.25, 0.3) is 0 Å². The number of aromatic amines is 1. The smallest absolute Gasteiger partial charge is 0.119 e. The van der Waals surface area contributed by atoms with Crippen LogP contribution >= 0.6 is 0 Å². The summed E-state index contributed by atoms with van der Waals surface area (Å²) in [7, 11) is 0. The molecule has 56 valence electrons. The van der Waals surface area contributed by atoms with Crippen LogP contribution in [0.3, 0.4) is 0 Å². The number of anilines is 1. The highest BCUT2D eigenvalue weighted by Gasteiger charge is 1.99. The van der Waals surface area contributed by atoms with Crippen LogP contribution in [0.5, 0.6) is 5.75 Å². The summed E-state index contributed by atoms with van der Waals surface area (Å²) in [4.78, 5) is 2.96. The van der Waals surface area contributed by atoms with Gasteiger partial charge in [-0.25, -0.2) is 0 Å². The van der Waals surface area contributed by atoms with E-state index < -0.39 is 0 Å². The van der Waals surface area contributed by atoms with E-state index in [1.807, 2.05) is 6.07 Å². The molecule has 1 heterocycles. The molecular weight excluding hydrogens is 140 g/mol. The third-order valence-corrected chi connectivity index (χ3v) is 1.69. The molecule has 3 nitrogen and oxygen atoms in total. The lowest BCUT2D eigenvalue weighted by Gasteiger charge is -1.96. The van der Waals surface area contributed by atoms with Gasteiger partial charge < -0.3 is 15.8 Å². The molecule has 0 saturated heterocycles. The van der Waals surface area contributed by atoms with E-state index in [-0.39, 0.29) is 5.75 Å². The number of hydrogen-bond donors (Lipinski definition) is 3. The van der Waals surface area contributed by atoms with Crippen molar-refractivity contribution in [2.24, 2.45) is 0 Å². The standard InChI is InChI=1S/C8H8N2O/c9-7-3-5(11)4-8-6(7)1-2-10-8/h1-4,10-11H,9H2. The lowest BCUT2D eigenvalue weighted by Crippen LogP contribution is -1.84. The largest absolute Gasteiger partial charge is 0.508 e. The van der Waals surface area contributed by atoms with Crippen LogP contribution in [0.4, 0.5) is 5.69 Å². The maximum Gasteiger partial charge on any atom is 0.119 e. The highest BCUT2D eigenvalue weighted by atomic mass is 16.3. The van der Waals surface area contributed by atoms with E-state index in [2.05, 4.69) is 4.98 Å². The number of phenolic OH excluding ortho intramolecular Hbond substituents is 1. The molecular formula is C8H8N2O. The molecule has 0 bridgehead atoms. The van der Waals surface area contributed by atoms with Crippen molar-refractivity contribution in [1.29, 1.82) is 0 Å². The summed E-state index contributed by atoms with van der Waals surface area (Å²) in [6.45, 7) is 0. The number of fused-ring (bicyclic) bond motifs is 1. The first kappa shape index (κ1) is 6.09. The van der Waals surface area contributed by atoms with Gasteiger partial charge in [-0.2, -0.15) is 0 Å². The number of hydrogen-bond acceptors (Lipinski definition) is 2. The van der Waals surface area contributed by atoms with Gasteiger partial charge in [-0.3, -0.25) is 0 Å². The number of benzene rings is 1. The number of aromatic nitrogens is 1. The Hall–Kier alpha value is -1.64. The predicted octanol–water partition coefficient (Wildman–Crippen LogP) is 1.46. The Labute approximate surface area is 63.5 Å². The van der Waals surface area contributed by atoms with Crippen LogP contribution in [0.15, 0.2) is 24.4 Å². The van der Waals surface area contributed by atoms with Crippen LogP contribution in [0.2, 0.25) is 0 Å². The van der Waals surface area contributed by atoms with Gasteiger partial charge in [0, 0.05) is 29.4 Å². The number of nitrogen functional groups attached to an aromatic ring is 1. The van der Waals surface area contributed by atoms with Crippen molar-refractivity contribution < 1.29 is 5.11 Å². The minimum atomic E-state index is 0.192. The minimum Gasteiger partial charge on any atom is -0.508 e. The minimum absolute atomic E-state index is 0.192. The van der Waals surface area contributed by atoms with Gasteiger partial charge in [-0.15, -0.1) is 0 Å². The zero-order valence-corrected chi connectivity index (χ0v) is 5.83. The molecule has 0 aliphatic carbocycles. The molecule has 0 unspecified atom stereocenters. The molecule has 0 radical (unpaired) electrons. The molecule has 0 spiro atoms. The summed E-state index contributed by atoms with van der Waals surface area (Å²) in [5, 5.41) is 10.1. The van der Waals surface area contributed by atoms with Gasteiger partial charge in [0.1, 0.15) is 5.75 Å². The molecule has 4 N–H and O–H groups in total. The molecule has 1 aromatic carbocycles. The van der Waals surface area contributed by atoms with Crippen LogP contribution in [0.25, 0.3) is 10.9 Å². The van der Waals surface area contributed by atoms with Crippen molar-refractivity contribution in [1.82, 2.24) is 4.98 Å². The molecule has 1 aromatic heterocycles. The summed E-state index contributed by atoms with van der Waals surface area (Å²) in [5.41, 5.74) is 7.08. The van der Waals surface area contributed by atoms with E-state index >= 15 is 0 Å². The summed E-state index contributed by atoms with van der Waals surface area (Å²) < 4.78 is 0. The van der Waals surface area contributed by atoms with Crippen LogP contribution in [0, 0.1) is 0 Å². The Morgan fingerprint density at radius 3 is 3.00 bits per heavy atom. The van der Waals surface area contributed by atoms with Crippen molar-refractivity contribution >= 4 is 16.6 Å². The van der Waals surface area contributed by atoms with Gasteiger partial charge in [-0.05, 0) is 6.07 Å². The third kappa shape index (κ3) is 0.816. The van der Waals surface area contributed by atoms with E-state index in [0.717, 1.165) is 10.9 Å². The second-order valence-corrected chi connectivity index (χ2v) is 2.47. The fraction of sp³-hybridized carbons (Fsp3) is 0. The molecule has 11 heavy (non-hydrogen) atoms. The number of nitrogens with two attached hydrogens (primary N) is 1. The zero-order chi connectivity index (χ0) is 7.84. The second-order valence-electron chi connectivity index (χ2n) is 2.47. The monoisotopic (exact) mass is 148 g/mol. The first-order valence-corrected chi connectivity index (χ1v) is 3.33. The topological polar surface area (TPSA) is 62.0 Å². The lowest BCUT2D eigenvalue weighted by atomic mass is 10.2. The Kier molecular flexibility index (Phi) is 1.06. The average Bonchev–Trinajstić information content (AvgIpc) is 2.34. The van der Waals surface area contributed by atoms with Crippen molar-refractivity contribution in [3.8, 4) is 5.75 Å². The van der Waals surface area contributed by atoms with Crippen LogP contribution < -0.4 is 5.73 Å². The Bertz CT molecular complexity index is 392. The van der Waals surface area contributed by atoms with Crippen molar-refractivity contribution in [3.05, 3.63) is 24.4 Å². The Balaban J connectivity index is 2.91. The van der Waals surface area contributed by atoms with Crippen molar-refractivity contribution in [3.63, 3.8) is 0 Å². The van der Waals surface area contributed by atoms with Crippen molar-refractivity contribution in [2.45, 2.75) is 0 Å². The number of aromatic hydroxyl groups is 1. The molecule has 3 heteroatoms. The molecule has 0 amide bonds. The van der Waals surface area contributed by atoms with Gasteiger partial charge in [0.05, 0.1) is 5.52 Å². The first-order chi connectivity index (χ1) is 5.27.